The first-order chi connectivity index (χ1) is 13.3. The summed E-state index contributed by atoms with van der Waals surface area (Å²) in [4.78, 5) is 33.6. The van der Waals surface area contributed by atoms with Crippen LogP contribution >= 0.6 is 31.9 Å². The summed E-state index contributed by atoms with van der Waals surface area (Å²) in [6.07, 6.45) is 0. The van der Waals surface area contributed by atoms with Gasteiger partial charge in [0.1, 0.15) is 18.9 Å². The maximum atomic E-state index is 12.0. The first-order valence-electron chi connectivity index (χ1n) is 8.20. The molecule has 2 rings (SSSR count). The van der Waals surface area contributed by atoms with Crippen LogP contribution in [0.15, 0.2) is 45.3 Å². The zero-order valence-electron chi connectivity index (χ0n) is 14.9. The molecule has 0 bridgehead atoms. The number of carbonyl (C=O) groups is 3. The fourth-order valence-electron chi connectivity index (χ4n) is 2.30. The summed E-state index contributed by atoms with van der Waals surface area (Å²) in [6.45, 7) is 1.74. The summed E-state index contributed by atoms with van der Waals surface area (Å²) in [6, 6.07) is 10.8. The van der Waals surface area contributed by atoms with E-state index in [0.29, 0.717) is 26.8 Å². The van der Waals surface area contributed by atoms with Crippen molar-refractivity contribution in [3.63, 3.8) is 0 Å². The lowest BCUT2D eigenvalue weighted by molar-refractivity contribution is -0.135. The Labute approximate surface area is 178 Å². The van der Waals surface area contributed by atoms with Gasteiger partial charge in [0.15, 0.2) is 0 Å². The first-order valence-corrected chi connectivity index (χ1v) is 9.79. The van der Waals surface area contributed by atoms with E-state index in [4.69, 9.17) is 9.84 Å². The van der Waals surface area contributed by atoms with Gasteiger partial charge in [0.25, 0.3) is 5.91 Å². The molecule has 0 unspecified atom stereocenters. The third-order valence-corrected chi connectivity index (χ3v) is 4.75. The minimum Gasteiger partial charge on any atom is -0.487 e. The summed E-state index contributed by atoms with van der Waals surface area (Å²) < 4.78 is 6.97. The quantitative estimate of drug-likeness (QED) is 0.502. The molecule has 0 aliphatic carbocycles. The molecule has 0 spiro atoms. The molecule has 0 saturated carbocycles. The Bertz CT molecular complexity index is 879. The van der Waals surface area contributed by atoms with Crippen LogP contribution in [0.3, 0.4) is 0 Å². The monoisotopic (exact) mass is 512 g/mol. The van der Waals surface area contributed by atoms with Crippen molar-refractivity contribution in [3.8, 4) is 5.75 Å². The number of carbonyl (C=O) groups excluding carboxylic acids is 2. The van der Waals surface area contributed by atoms with Gasteiger partial charge in [0.05, 0.1) is 8.95 Å². The van der Waals surface area contributed by atoms with Gasteiger partial charge < -0.3 is 20.5 Å². The van der Waals surface area contributed by atoms with Gasteiger partial charge in [-0.2, -0.15) is 0 Å². The summed E-state index contributed by atoms with van der Waals surface area (Å²) in [5.74, 6) is -1.20. The lowest BCUT2D eigenvalue weighted by Gasteiger charge is -2.13. The molecule has 0 saturated heterocycles. The Morgan fingerprint density at radius 2 is 1.68 bits per heavy atom. The average molecular weight is 514 g/mol. The highest BCUT2D eigenvalue weighted by atomic mass is 79.9. The molecule has 0 aliphatic heterocycles. The van der Waals surface area contributed by atoms with Crippen molar-refractivity contribution >= 4 is 49.6 Å². The molecule has 0 atom stereocenters. The van der Waals surface area contributed by atoms with E-state index in [0.717, 1.165) is 11.1 Å². The molecular formula is C19H18Br2N2O5. The van der Waals surface area contributed by atoms with Gasteiger partial charge in [0, 0.05) is 19.0 Å². The molecular weight excluding hydrogens is 496 g/mol. The molecule has 0 aliphatic rings. The predicted octanol–water partition coefficient (Wildman–Crippen LogP) is 3.24. The van der Waals surface area contributed by atoms with E-state index in [-0.39, 0.29) is 12.5 Å². The SMILES string of the molecule is CC(=O)NCc1cccc(COc2c(Br)cc(C(=O)NCC(=O)O)cc2Br)c1. The van der Waals surface area contributed by atoms with Gasteiger partial charge in [-0.05, 0) is 55.1 Å². The van der Waals surface area contributed by atoms with E-state index in [2.05, 4.69) is 42.5 Å². The van der Waals surface area contributed by atoms with Crippen LogP contribution in [-0.4, -0.2) is 29.4 Å². The van der Waals surface area contributed by atoms with Crippen molar-refractivity contribution in [2.75, 3.05) is 6.54 Å². The summed E-state index contributed by atoms with van der Waals surface area (Å²) in [5, 5.41) is 13.7. The normalized spacial score (nSPS) is 10.2. The number of carboxylic acid groups (broad SMARTS) is 1. The Balaban J connectivity index is 2.06. The molecule has 2 aromatic rings. The minimum atomic E-state index is -1.12. The van der Waals surface area contributed by atoms with Crippen molar-refractivity contribution in [1.29, 1.82) is 0 Å². The molecule has 2 aromatic carbocycles. The van der Waals surface area contributed by atoms with Crippen molar-refractivity contribution in [2.24, 2.45) is 0 Å². The van der Waals surface area contributed by atoms with Crippen LogP contribution in [0.1, 0.15) is 28.4 Å². The number of rotatable bonds is 8. The van der Waals surface area contributed by atoms with Crippen LogP contribution in [-0.2, 0) is 22.7 Å². The summed E-state index contributed by atoms with van der Waals surface area (Å²) in [5.41, 5.74) is 2.18. The maximum absolute atomic E-state index is 12.0. The third-order valence-electron chi connectivity index (χ3n) is 3.58. The molecule has 3 N–H and O–H groups in total. The molecule has 28 heavy (non-hydrogen) atoms. The molecule has 9 heteroatoms. The zero-order valence-corrected chi connectivity index (χ0v) is 18.1. The van der Waals surface area contributed by atoms with Gasteiger partial charge in [-0.25, -0.2) is 0 Å². The van der Waals surface area contributed by atoms with E-state index < -0.39 is 18.4 Å². The fraction of sp³-hybridized carbons (Fsp3) is 0.211. The maximum Gasteiger partial charge on any atom is 0.322 e. The third kappa shape index (κ3) is 6.65. The lowest BCUT2D eigenvalue weighted by atomic mass is 10.1. The smallest absolute Gasteiger partial charge is 0.322 e. The van der Waals surface area contributed by atoms with Gasteiger partial charge in [-0.1, -0.05) is 24.3 Å². The highest BCUT2D eigenvalue weighted by Crippen LogP contribution is 2.35. The number of aliphatic carboxylic acids is 1. The predicted molar refractivity (Wildman–Crippen MR) is 110 cm³/mol. The number of halogens is 2. The summed E-state index contributed by atoms with van der Waals surface area (Å²) in [7, 11) is 0. The van der Waals surface area contributed by atoms with Crippen molar-refractivity contribution in [3.05, 3.63) is 62.0 Å². The second-order valence-corrected chi connectivity index (χ2v) is 7.57. The number of hydrogen-bond donors (Lipinski definition) is 3. The van der Waals surface area contributed by atoms with Crippen LogP contribution in [0.5, 0.6) is 5.75 Å². The van der Waals surface area contributed by atoms with Crippen LogP contribution in [0.4, 0.5) is 0 Å². The molecule has 0 fully saturated rings. The molecule has 0 radical (unpaired) electrons. The molecule has 7 nitrogen and oxygen atoms in total. The fourth-order valence-corrected chi connectivity index (χ4v) is 3.71. The highest BCUT2D eigenvalue weighted by Gasteiger charge is 2.14. The Hall–Kier alpha value is -2.39. The van der Waals surface area contributed by atoms with Gasteiger partial charge in [0.2, 0.25) is 5.91 Å². The van der Waals surface area contributed by atoms with Crippen molar-refractivity contribution < 1.29 is 24.2 Å². The van der Waals surface area contributed by atoms with Gasteiger partial charge in [-0.3, -0.25) is 14.4 Å². The topological polar surface area (TPSA) is 105 Å². The molecule has 0 heterocycles. The van der Waals surface area contributed by atoms with E-state index in [9.17, 15) is 14.4 Å². The largest absolute Gasteiger partial charge is 0.487 e. The number of benzene rings is 2. The molecule has 148 valence electrons. The Kier molecular flexibility index (Phi) is 8.01. The number of hydrogen-bond acceptors (Lipinski definition) is 4. The van der Waals surface area contributed by atoms with E-state index in [1.54, 1.807) is 12.1 Å². The average Bonchev–Trinajstić information content (AvgIpc) is 2.64. The number of amides is 2. The van der Waals surface area contributed by atoms with Crippen LogP contribution in [0.2, 0.25) is 0 Å². The highest BCUT2D eigenvalue weighted by molar-refractivity contribution is 9.11. The Morgan fingerprint density at radius 1 is 1.04 bits per heavy atom. The Morgan fingerprint density at radius 3 is 2.29 bits per heavy atom. The van der Waals surface area contributed by atoms with Crippen LogP contribution in [0.25, 0.3) is 0 Å². The van der Waals surface area contributed by atoms with Gasteiger partial charge in [-0.15, -0.1) is 0 Å². The van der Waals surface area contributed by atoms with E-state index in [1.807, 2.05) is 24.3 Å². The molecule has 2 amide bonds. The first kappa shape index (κ1) is 21.9. The number of ether oxygens (including phenoxy) is 1. The van der Waals surface area contributed by atoms with E-state index in [1.165, 1.54) is 6.92 Å². The van der Waals surface area contributed by atoms with Crippen LogP contribution < -0.4 is 15.4 Å². The second kappa shape index (κ2) is 10.2. The molecule has 0 aromatic heterocycles. The van der Waals surface area contributed by atoms with Crippen molar-refractivity contribution in [2.45, 2.75) is 20.1 Å². The number of carboxylic acids is 1. The van der Waals surface area contributed by atoms with E-state index >= 15 is 0 Å². The second-order valence-electron chi connectivity index (χ2n) is 5.86. The van der Waals surface area contributed by atoms with Crippen LogP contribution in [0, 0.1) is 0 Å². The van der Waals surface area contributed by atoms with Crippen molar-refractivity contribution in [1.82, 2.24) is 10.6 Å². The summed E-state index contributed by atoms with van der Waals surface area (Å²) >= 11 is 6.75. The van der Waals surface area contributed by atoms with Gasteiger partial charge >= 0.3 is 5.97 Å². The zero-order chi connectivity index (χ0) is 20.7. The lowest BCUT2D eigenvalue weighted by Crippen LogP contribution is -2.29. The number of nitrogens with one attached hydrogen (secondary N) is 2. The minimum absolute atomic E-state index is 0.0954. The standard InChI is InChI=1S/C19H18Br2N2O5/c1-11(24)22-8-12-3-2-4-13(5-12)10-28-18-15(20)6-14(7-16(18)21)19(27)23-9-17(25)26/h2-7H,8-10H2,1H3,(H,22,24)(H,23,27)(H,25,26).